The van der Waals surface area contributed by atoms with Crippen molar-refractivity contribution in [2.24, 2.45) is 0 Å². The minimum absolute atomic E-state index is 0.0631. The number of thiophene rings is 1. The van der Waals surface area contributed by atoms with E-state index in [2.05, 4.69) is 20.4 Å². The molecule has 0 saturated carbocycles. The van der Waals surface area contributed by atoms with Gasteiger partial charge in [-0.3, -0.25) is 9.59 Å². The molecule has 7 nitrogen and oxygen atoms in total. The molecule has 1 N–H and O–H groups in total. The van der Waals surface area contributed by atoms with E-state index in [-0.39, 0.29) is 11.6 Å². The zero-order valence-electron chi connectivity index (χ0n) is 13.8. The molecule has 3 heterocycles. The van der Waals surface area contributed by atoms with Crippen LogP contribution in [-0.2, 0) is 0 Å². The van der Waals surface area contributed by atoms with Gasteiger partial charge in [-0.2, -0.15) is 4.80 Å². The Morgan fingerprint density at radius 2 is 2.08 bits per heavy atom. The molecule has 124 valence electrons. The van der Waals surface area contributed by atoms with Crippen molar-refractivity contribution in [2.45, 2.75) is 33.7 Å². The van der Waals surface area contributed by atoms with Crippen LogP contribution in [0.4, 0.5) is 0 Å². The van der Waals surface area contributed by atoms with Crippen molar-refractivity contribution in [3.05, 3.63) is 40.0 Å². The van der Waals surface area contributed by atoms with Crippen LogP contribution in [-0.4, -0.2) is 36.8 Å². The van der Waals surface area contributed by atoms with E-state index in [0.717, 1.165) is 4.88 Å². The smallest absolute Gasteiger partial charge is 0.214 e. The lowest BCUT2D eigenvalue weighted by molar-refractivity contribution is 0.0913. The van der Waals surface area contributed by atoms with Crippen LogP contribution in [0.1, 0.15) is 52.0 Å². The number of H-pyrrole nitrogens is 1. The molecule has 24 heavy (non-hydrogen) atoms. The highest BCUT2D eigenvalue weighted by Gasteiger charge is 2.26. The highest BCUT2D eigenvalue weighted by atomic mass is 32.1. The van der Waals surface area contributed by atoms with E-state index in [4.69, 9.17) is 0 Å². The molecular weight excluding hydrogens is 326 g/mol. The van der Waals surface area contributed by atoms with Crippen LogP contribution in [0, 0.1) is 13.8 Å². The molecule has 0 aliphatic heterocycles. The summed E-state index contributed by atoms with van der Waals surface area (Å²) in [6, 6.07) is 3.18. The average Bonchev–Trinajstić information content (AvgIpc) is 3.24. The second-order valence-corrected chi connectivity index (χ2v) is 6.58. The molecule has 8 heteroatoms. The Labute approximate surface area is 142 Å². The molecule has 0 fully saturated rings. The fourth-order valence-corrected chi connectivity index (χ4v) is 3.38. The zero-order chi connectivity index (χ0) is 17.4. The molecule has 0 aliphatic rings. The van der Waals surface area contributed by atoms with Gasteiger partial charge >= 0.3 is 0 Å². The van der Waals surface area contributed by atoms with Crippen LogP contribution < -0.4 is 0 Å². The molecule has 0 radical (unpaired) electrons. The van der Waals surface area contributed by atoms with Gasteiger partial charge < -0.3 is 4.98 Å². The minimum atomic E-state index is -0.622. The van der Waals surface area contributed by atoms with Gasteiger partial charge in [0.15, 0.2) is 5.78 Å². The Bertz CT molecular complexity index is 907. The standard InChI is InChI=1S/C16H17N5O2S/c1-8-13(11(4)22)9(2)17-14(8)15(23)10(3)21-19-16(18-20-21)12-6-5-7-24-12/h5-7,10,17H,1-4H3/t10-/m0/s1. The van der Waals surface area contributed by atoms with Crippen molar-refractivity contribution >= 4 is 22.9 Å². The number of aryl methyl sites for hydroxylation is 1. The van der Waals surface area contributed by atoms with Crippen LogP contribution >= 0.6 is 11.3 Å². The van der Waals surface area contributed by atoms with Crippen LogP contribution in [0.2, 0.25) is 0 Å². The van der Waals surface area contributed by atoms with Gasteiger partial charge in [0.05, 0.1) is 10.6 Å². The molecule has 0 unspecified atom stereocenters. The lowest BCUT2D eigenvalue weighted by Gasteiger charge is -2.08. The number of tetrazole rings is 1. The van der Waals surface area contributed by atoms with Gasteiger partial charge in [-0.1, -0.05) is 6.07 Å². The zero-order valence-corrected chi connectivity index (χ0v) is 14.6. The van der Waals surface area contributed by atoms with Gasteiger partial charge in [0.2, 0.25) is 11.6 Å². The summed E-state index contributed by atoms with van der Waals surface area (Å²) in [6.45, 7) is 6.76. The number of nitrogens with zero attached hydrogens (tertiary/aromatic N) is 4. The molecule has 0 aliphatic carbocycles. The van der Waals surface area contributed by atoms with Gasteiger partial charge in [-0.25, -0.2) is 0 Å². The van der Waals surface area contributed by atoms with Crippen molar-refractivity contribution < 1.29 is 9.59 Å². The predicted octanol–water partition coefficient (Wildman–Crippen LogP) is 2.99. The molecule has 0 saturated heterocycles. The van der Waals surface area contributed by atoms with E-state index >= 15 is 0 Å². The number of carbonyl (C=O) groups excluding carboxylic acids is 2. The Morgan fingerprint density at radius 1 is 1.33 bits per heavy atom. The first-order valence-corrected chi connectivity index (χ1v) is 8.35. The van der Waals surface area contributed by atoms with Crippen LogP contribution in [0.5, 0.6) is 0 Å². The third-order valence-corrected chi connectivity index (χ3v) is 4.80. The van der Waals surface area contributed by atoms with Crippen LogP contribution in [0.25, 0.3) is 10.7 Å². The lowest BCUT2D eigenvalue weighted by atomic mass is 10.0. The number of carbonyl (C=O) groups is 2. The van der Waals surface area contributed by atoms with Gasteiger partial charge in [-0.15, -0.1) is 21.5 Å². The third kappa shape index (κ3) is 2.69. The second kappa shape index (κ2) is 6.12. The fourth-order valence-electron chi connectivity index (χ4n) is 2.73. The number of Topliss-reactive ketones (excluding diaryl/α,β-unsaturated/α-hetero) is 2. The number of aromatic amines is 1. The molecule has 1 atom stereocenters. The summed E-state index contributed by atoms with van der Waals surface area (Å²) >= 11 is 1.51. The van der Waals surface area contributed by atoms with E-state index in [0.29, 0.717) is 28.3 Å². The maximum atomic E-state index is 12.8. The Kier molecular flexibility index (Phi) is 4.15. The molecule has 0 spiro atoms. The summed E-state index contributed by atoms with van der Waals surface area (Å²) in [4.78, 5) is 29.7. The van der Waals surface area contributed by atoms with Crippen LogP contribution in [0.15, 0.2) is 17.5 Å². The first kappa shape index (κ1) is 16.3. The average molecular weight is 343 g/mol. The third-order valence-electron chi connectivity index (χ3n) is 3.93. The quantitative estimate of drug-likeness (QED) is 0.719. The first-order valence-electron chi connectivity index (χ1n) is 7.47. The van der Waals surface area contributed by atoms with Crippen molar-refractivity contribution in [1.29, 1.82) is 0 Å². The summed E-state index contributed by atoms with van der Waals surface area (Å²) in [5.74, 6) is 0.249. The summed E-state index contributed by atoms with van der Waals surface area (Å²) in [6.07, 6.45) is 0. The van der Waals surface area contributed by atoms with Crippen LogP contribution in [0.3, 0.4) is 0 Å². The van der Waals surface area contributed by atoms with Crippen molar-refractivity contribution in [3.8, 4) is 10.7 Å². The van der Waals surface area contributed by atoms with E-state index in [1.54, 1.807) is 20.8 Å². The number of hydrogen-bond donors (Lipinski definition) is 1. The Hall–Kier alpha value is -2.61. The molecule has 0 bridgehead atoms. The van der Waals surface area contributed by atoms with E-state index in [1.165, 1.54) is 23.1 Å². The summed E-state index contributed by atoms with van der Waals surface area (Å²) in [5, 5.41) is 14.2. The van der Waals surface area contributed by atoms with Crippen molar-refractivity contribution in [1.82, 2.24) is 25.2 Å². The summed E-state index contributed by atoms with van der Waals surface area (Å²) in [7, 11) is 0. The first-order chi connectivity index (χ1) is 11.4. The predicted molar refractivity (Wildman–Crippen MR) is 90.4 cm³/mol. The Balaban J connectivity index is 1.91. The monoisotopic (exact) mass is 343 g/mol. The maximum absolute atomic E-state index is 12.8. The van der Waals surface area contributed by atoms with Gasteiger partial charge in [0.1, 0.15) is 6.04 Å². The highest BCUT2D eigenvalue weighted by molar-refractivity contribution is 7.13. The maximum Gasteiger partial charge on any atom is 0.214 e. The normalized spacial score (nSPS) is 12.3. The topological polar surface area (TPSA) is 93.5 Å². The minimum Gasteiger partial charge on any atom is -0.355 e. The largest absolute Gasteiger partial charge is 0.355 e. The summed E-state index contributed by atoms with van der Waals surface area (Å²) in [5.41, 5.74) is 2.34. The molecule has 3 aromatic rings. The van der Waals surface area contributed by atoms with Gasteiger partial charge in [0.25, 0.3) is 0 Å². The molecule has 0 amide bonds. The molecular formula is C16H17N5O2S. The van der Waals surface area contributed by atoms with Gasteiger partial charge in [0, 0.05) is 11.3 Å². The molecule has 3 rings (SSSR count). The lowest BCUT2D eigenvalue weighted by Crippen LogP contribution is -2.20. The summed E-state index contributed by atoms with van der Waals surface area (Å²) < 4.78 is 0. The Morgan fingerprint density at radius 3 is 2.67 bits per heavy atom. The van der Waals surface area contributed by atoms with E-state index < -0.39 is 6.04 Å². The van der Waals surface area contributed by atoms with Crippen molar-refractivity contribution in [2.75, 3.05) is 0 Å². The number of rotatable bonds is 5. The SMILES string of the molecule is CC(=O)c1c(C)[nH]c(C(=O)[C@H](C)n2nnc(-c3cccs3)n2)c1C. The van der Waals surface area contributed by atoms with Gasteiger partial charge in [-0.05, 0) is 49.9 Å². The number of nitrogens with one attached hydrogen (secondary N) is 1. The highest BCUT2D eigenvalue weighted by Crippen LogP contribution is 2.24. The molecule has 3 aromatic heterocycles. The van der Waals surface area contributed by atoms with E-state index in [1.807, 2.05) is 17.5 Å². The number of hydrogen-bond acceptors (Lipinski definition) is 6. The second-order valence-electron chi connectivity index (χ2n) is 5.63. The number of aromatic nitrogens is 5. The fraction of sp³-hybridized carbons (Fsp3) is 0.312. The van der Waals surface area contributed by atoms with E-state index in [9.17, 15) is 9.59 Å². The van der Waals surface area contributed by atoms with Crippen molar-refractivity contribution in [3.63, 3.8) is 0 Å². The molecule has 0 aromatic carbocycles. The number of ketones is 2.